The minimum atomic E-state index is 0.0108. The summed E-state index contributed by atoms with van der Waals surface area (Å²) in [6, 6.07) is 9.88. The van der Waals surface area contributed by atoms with E-state index >= 15 is 0 Å². The van der Waals surface area contributed by atoms with E-state index in [2.05, 4.69) is 10.3 Å². The minimum Gasteiger partial charge on any atom is -0.493 e. The number of methoxy groups -OCH3 is 3. The molecule has 0 spiro atoms. The number of fused-ring (bicyclic) bond motifs is 1. The summed E-state index contributed by atoms with van der Waals surface area (Å²) in [5.74, 6) is 1.80. The summed E-state index contributed by atoms with van der Waals surface area (Å²) in [6.07, 6.45) is 2.98. The van der Waals surface area contributed by atoms with Gasteiger partial charge in [0.05, 0.1) is 33.3 Å². The van der Waals surface area contributed by atoms with Gasteiger partial charge < -0.3 is 24.5 Å². The van der Waals surface area contributed by atoms with Crippen LogP contribution in [0.2, 0.25) is 0 Å². The second-order valence-electron chi connectivity index (χ2n) is 6.65. The number of nitrogens with one attached hydrogen (secondary N) is 2. The SMILES string of the molecule is COc1cc2[nH]cc(CCNC(=O)Cc3cccc(C)c3)c2c(OC)c1OC. The second-order valence-corrected chi connectivity index (χ2v) is 6.65. The molecule has 0 atom stereocenters. The maximum atomic E-state index is 12.2. The standard InChI is InChI=1S/C22H26N2O4/c1-14-6-5-7-15(10-14)11-19(25)23-9-8-16-13-24-17-12-18(26-2)21(27-3)22(28-4)20(16)17/h5-7,10,12-13,24H,8-9,11H2,1-4H3,(H,23,25). The third kappa shape index (κ3) is 4.06. The Hall–Kier alpha value is -3.15. The molecule has 6 nitrogen and oxygen atoms in total. The quantitative estimate of drug-likeness (QED) is 0.626. The van der Waals surface area contributed by atoms with Crippen molar-refractivity contribution in [3.8, 4) is 17.2 Å². The third-order valence-corrected chi connectivity index (χ3v) is 4.72. The van der Waals surface area contributed by atoms with E-state index in [1.165, 1.54) is 0 Å². The molecule has 1 heterocycles. The molecular weight excluding hydrogens is 356 g/mol. The fourth-order valence-corrected chi connectivity index (χ4v) is 3.43. The topological polar surface area (TPSA) is 72.6 Å². The van der Waals surface area contributed by atoms with E-state index in [0.29, 0.717) is 36.6 Å². The van der Waals surface area contributed by atoms with Crippen molar-refractivity contribution < 1.29 is 19.0 Å². The number of ether oxygens (including phenoxy) is 3. The van der Waals surface area contributed by atoms with Gasteiger partial charge in [0, 0.05) is 24.2 Å². The smallest absolute Gasteiger partial charge is 0.224 e. The van der Waals surface area contributed by atoms with Crippen LogP contribution >= 0.6 is 0 Å². The molecule has 0 unspecified atom stereocenters. The number of carbonyl (C=O) groups excluding carboxylic acids is 1. The van der Waals surface area contributed by atoms with Crippen molar-refractivity contribution in [3.63, 3.8) is 0 Å². The van der Waals surface area contributed by atoms with Crippen LogP contribution in [0.25, 0.3) is 10.9 Å². The molecule has 0 saturated heterocycles. The van der Waals surface area contributed by atoms with Gasteiger partial charge >= 0.3 is 0 Å². The molecule has 0 aliphatic heterocycles. The van der Waals surface area contributed by atoms with Crippen molar-refractivity contribution in [2.45, 2.75) is 19.8 Å². The van der Waals surface area contributed by atoms with Crippen LogP contribution in [0.4, 0.5) is 0 Å². The van der Waals surface area contributed by atoms with Crippen molar-refractivity contribution in [2.75, 3.05) is 27.9 Å². The summed E-state index contributed by atoms with van der Waals surface area (Å²) in [5.41, 5.74) is 4.11. The summed E-state index contributed by atoms with van der Waals surface area (Å²) in [6.45, 7) is 2.56. The molecule has 2 aromatic carbocycles. The lowest BCUT2D eigenvalue weighted by atomic mass is 10.1. The molecule has 6 heteroatoms. The maximum absolute atomic E-state index is 12.2. The van der Waals surface area contributed by atoms with Crippen molar-refractivity contribution in [1.82, 2.24) is 10.3 Å². The molecule has 0 saturated carbocycles. The molecule has 1 aromatic heterocycles. The van der Waals surface area contributed by atoms with E-state index < -0.39 is 0 Å². The van der Waals surface area contributed by atoms with Crippen LogP contribution in [0, 0.1) is 6.92 Å². The number of amides is 1. The number of rotatable bonds is 8. The summed E-state index contributed by atoms with van der Waals surface area (Å²) in [5, 5.41) is 3.93. The van der Waals surface area contributed by atoms with Crippen molar-refractivity contribution in [2.24, 2.45) is 0 Å². The zero-order chi connectivity index (χ0) is 20.1. The van der Waals surface area contributed by atoms with Crippen molar-refractivity contribution in [1.29, 1.82) is 0 Å². The van der Waals surface area contributed by atoms with Gasteiger partial charge in [0.15, 0.2) is 11.5 Å². The number of carbonyl (C=O) groups is 1. The fourth-order valence-electron chi connectivity index (χ4n) is 3.43. The van der Waals surface area contributed by atoms with Gasteiger partial charge in [-0.1, -0.05) is 29.8 Å². The van der Waals surface area contributed by atoms with Gasteiger partial charge in [-0.05, 0) is 24.5 Å². The minimum absolute atomic E-state index is 0.0108. The molecule has 2 N–H and O–H groups in total. The second kappa shape index (κ2) is 8.69. The Labute approximate surface area is 164 Å². The Morgan fingerprint density at radius 2 is 1.86 bits per heavy atom. The van der Waals surface area contributed by atoms with E-state index in [-0.39, 0.29) is 5.91 Å². The summed E-state index contributed by atoms with van der Waals surface area (Å²) in [4.78, 5) is 15.5. The highest BCUT2D eigenvalue weighted by Crippen LogP contribution is 2.44. The lowest BCUT2D eigenvalue weighted by Gasteiger charge is -2.14. The first-order valence-corrected chi connectivity index (χ1v) is 9.18. The average molecular weight is 382 g/mol. The van der Waals surface area contributed by atoms with Crippen LogP contribution in [0.1, 0.15) is 16.7 Å². The number of aromatic amines is 1. The Bertz CT molecular complexity index is 978. The van der Waals surface area contributed by atoms with Crippen LogP contribution in [-0.4, -0.2) is 38.8 Å². The van der Waals surface area contributed by atoms with Gasteiger partial charge in [-0.2, -0.15) is 0 Å². The van der Waals surface area contributed by atoms with Gasteiger partial charge in [-0.3, -0.25) is 4.79 Å². The summed E-state index contributed by atoms with van der Waals surface area (Å²) < 4.78 is 16.5. The van der Waals surface area contributed by atoms with Gasteiger partial charge in [-0.25, -0.2) is 0 Å². The Morgan fingerprint density at radius 1 is 1.07 bits per heavy atom. The monoisotopic (exact) mass is 382 g/mol. The normalized spacial score (nSPS) is 10.7. The predicted molar refractivity (Wildman–Crippen MR) is 110 cm³/mol. The maximum Gasteiger partial charge on any atom is 0.224 e. The molecule has 148 valence electrons. The Balaban J connectivity index is 1.71. The van der Waals surface area contributed by atoms with E-state index in [1.54, 1.807) is 21.3 Å². The highest BCUT2D eigenvalue weighted by molar-refractivity contribution is 5.94. The lowest BCUT2D eigenvalue weighted by molar-refractivity contribution is -0.120. The molecule has 0 aliphatic carbocycles. The first-order chi connectivity index (χ1) is 13.6. The predicted octanol–water partition coefficient (Wildman–Crippen LogP) is 3.40. The average Bonchev–Trinajstić information content (AvgIpc) is 3.09. The van der Waals surface area contributed by atoms with Crippen molar-refractivity contribution in [3.05, 3.63) is 53.2 Å². The zero-order valence-electron chi connectivity index (χ0n) is 16.7. The Kier molecular flexibility index (Phi) is 6.09. The van der Waals surface area contributed by atoms with Gasteiger partial charge in [0.25, 0.3) is 0 Å². The number of H-pyrrole nitrogens is 1. The molecule has 1 amide bonds. The number of hydrogen-bond acceptors (Lipinski definition) is 4. The zero-order valence-corrected chi connectivity index (χ0v) is 16.7. The van der Waals surface area contributed by atoms with Crippen molar-refractivity contribution >= 4 is 16.8 Å². The molecule has 3 aromatic rings. The van der Waals surface area contributed by atoms with E-state index in [4.69, 9.17) is 14.2 Å². The molecule has 0 radical (unpaired) electrons. The summed E-state index contributed by atoms with van der Waals surface area (Å²) >= 11 is 0. The van der Waals surface area contributed by atoms with Gasteiger partial charge in [-0.15, -0.1) is 0 Å². The number of benzene rings is 2. The molecule has 0 aliphatic rings. The van der Waals surface area contributed by atoms with E-state index in [0.717, 1.165) is 27.6 Å². The first-order valence-electron chi connectivity index (χ1n) is 9.18. The molecule has 0 fully saturated rings. The van der Waals surface area contributed by atoms with Gasteiger partial charge in [0.1, 0.15) is 0 Å². The van der Waals surface area contributed by atoms with E-state index in [1.807, 2.05) is 43.5 Å². The number of aryl methyl sites for hydroxylation is 1. The third-order valence-electron chi connectivity index (χ3n) is 4.72. The largest absolute Gasteiger partial charge is 0.493 e. The number of aromatic nitrogens is 1. The van der Waals surface area contributed by atoms with Crippen LogP contribution in [0.15, 0.2) is 36.5 Å². The highest BCUT2D eigenvalue weighted by Gasteiger charge is 2.19. The van der Waals surface area contributed by atoms with Crippen LogP contribution in [0.3, 0.4) is 0 Å². The molecule has 0 bridgehead atoms. The van der Waals surface area contributed by atoms with E-state index in [9.17, 15) is 4.79 Å². The van der Waals surface area contributed by atoms with Crippen LogP contribution in [-0.2, 0) is 17.6 Å². The van der Waals surface area contributed by atoms with Crippen LogP contribution < -0.4 is 19.5 Å². The molecular formula is C22H26N2O4. The first kappa shape index (κ1) is 19.6. The van der Waals surface area contributed by atoms with Crippen LogP contribution in [0.5, 0.6) is 17.2 Å². The molecule has 28 heavy (non-hydrogen) atoms. The van der Waals surface area contributed by atoms with Gasteiger partial charge in [0.2, 0.25) is 11.7 Å². The fraction of sp³-hybridized carbons (Fsp3) is 0.318. The molecule has 3 rings (SSSR count). The Morgan fingerprint density at radius 3 is 2.54 bits per heavy atom. The highest BCUT2D eigenvalue weighted by atomic mass is 16.5. The number of hydrogen-bond donors (Lipinski definition) is 2. The summed E-state index contributed by atoms with van der Waals surface area (Å²) in [7, 11) is 4.79. The lowest BCUT2D eigenvalue weighted by Crippen LogP contribution is -2.27.